The minimum atomic E-state index is -3.23. The third kappa shape index (κ3) is 3.93. The van der Waals surface area contributed by atoms with Gasteiger partial charge >= 0.3 is 0 Å². The minimum absolute atomic E-state index is 0.0135. The minimum Gasteiger partial charge on any atom is -0.261 e. The van der Waals surface area contributed by atoms with Gasteiger partial charge in [-0.1, -0.05) is 6.07 Å². The van der Waals surface area contributed by atoms with E-state index in [2.05, 4.69) is 9.71 Å². The van der Waals surface area contributed by atoms with E-state index in [1.807, 2.05) is 18.2 Å². The third-order valence-electron chi connectivity index (χ3n) is 3.26. The number of halogens is 1. The van der Waals surface area contributed by atoms with Crippen LogP contribution in [0.1, 0.15) is 18.5 Å². The molecular weight excluding hydrogens is 272 g/mol. The molecule has 100 valence electrons. The molecule has 0 spiro atoms. The fraction of sp³-hybridized carbons (Fsp3) is 0.583. The normalized spacial score (nSPS) is 17.6. The van der Waals surface area contributed by atoms with E-state index in [9.17, 15) is 8.42 Å². The van der Waals surface area contributed by atoms with Crippen molar-refractivity contribution in [3.63, 3.8) is 0 Å². The van der Waals surface area contributed by atoms with Crippen LogP contribution in [-0.4, -0.2) is 31.6 Å². The van der Waals surface area contributed by atoms with Gasteiger partial charge in [-0.05, 0) is 30.4 Å². The molecule has 0 aromatic carbocycles. The molecule has 2 rings (SSSR count). The highest BCUT2D eigenvalue weighted by atomic mass is 35.5. The second-order valence-corrected chi connectivity index (χ2v) is 7.04. The van der Waals surface area contributed by atoms with Crippen molar-refractivity contribution in [1.29, 1.82) is 0 Å². The molecule has 0 unspecified atom stereocenters. The molecule has 0 bridgehead atoms. The van der Waals surface area contributed by atoms with Crippen LogP contribution in [0.15, 0.2) is 24.4 Å². The number of aryl methyl sites for hydroxylation is 1. The van der Waals surface area contributed by atoms with E-state index in [-0.39, 0.29) is 11.2 Å². The van der Waals surface area contributed by atoms with E-state index >= 15 is 0 Å². The lowest BCUT2D eigenvalue weighted by atomic mass is 10.1. The number of aromatic nitrogens is 1. The predicted octanol–water partition coefficient (Wildman–Crippen LogP) is 1.56. The molecule has 1 aromatic rings. The van der Waals surface area contributed by atoms with E-state index in [4.69, 9.17) is 11.6 Å². The zero-order chi connectivity index (χ0) is 13.1. The molecule has 0 saturated heterocycles. The van der Waals surface area contributed by atoms with Crippen LogP contribution in [0.4, 0.5) is 0 Å². The first kappa shape index (κ1) is 13.8. The van der Waals surface area contributed by atoms with E-state index in [0.29, 0.717) is 18.8 Å². The van der Waals surface area contributed by atoms with Crippen LogP contribution in [0, 0.1) is 5.41 Å². The Morgan fingerprint density at radius 3 is 2.72 bits per heavy atom. The lowest BCUT2D eigenvalue weighted by molar-refractivity contribution is 0.534. The number of alkyl halides is 1. The summed E-state index contributed by atoms with van der Waals surface area (Å²) < 4.78 is 26.3. The van der Waals surface area contributed by atoms with Crippen LogP contribution in [0.25, 0.3) is 0 Å². The van der Waals surface area contributed by atoms with Crippen molar-refractivity contribution < 1.29 is 8.42 Å². The highest BCUT2D eigenvalue weighted by Gasteiger charge is 2.42. The largest absolute Gasteiger partial charge is 0.261 e. The van der Waals surface area contributed by atoms with Gasteiger partial charge in [0.15, 0.2) is 0 Å². The summed E-state index contributed by atoms with van der Waals surface area (Å²) in [6.45, 7) is 0.459. The first-order valence-electron chi connectivity index (χ1n) is 5.99. The summed E-state index contributed by atoms with van der Waals surface area (Å²) in [5, 5.41) is 0. The maximum absolute atomic E-state index is 11.8. The van der Waals surface area contributed by atoms with Crippen LogP contribution in [0.3, 0.4) is 0 Å². The average Bonchev–Trinajstić information content (AvgIpc) is 3.17. The van der Waals surface area contributed by atoms with Gasteiger partial charge in [-0.3, -0.25) is 4.98 Å². The molecule has 1 N–H and O–H groups in total. The zero-order valence-corrected chi connectivity index (χ0v) is 11.7. The van der Waals surface area contributed by atoms with Gasteiger partial charge in [0.05, 0.1) is 5.75 Å². The van der Waals surface area contributed by atoms with Gasteiger partial charge in [-0.25, -0.2) is 13.1 Å². The summed E-state index contributed by atoms with van der Waals surface area (Å²) >= 11 is 5.81. The van der Waals surface area contributed by atoms with Crippen molar-refractivity contribution in [3.05, 3.63) is 30.1 Å². The number of nitrogens with zero attached hydrogens (tertiary/aromatic N) is 1. The molecule has 1 aliphatic carbocycles. The summed E-state index contributed by atoms with van der Waals surface area (Å²) in [5.41, 5.74) is 0.806. The molecule has 6 heteroatoms. The Bertz CT molecular complexity index is 486. The Morgan fingerprint density at radius 1 is 1.39 bits per heavy atom. The summed E-state index contributed by atoms with van der Waals surface area (Å²) in [6.07, 6.45) is 4.13. The molecule has 1 heterocycles. The number of nitrogens with one attached hydrogen (secondary N) is 1. The average molecular weight is 289 g/mol. The SMILES string of the molecule is O=S(=O)(CCc1ccccn1)NCC1(CCl)CC1. The van der Waals surface area contributed by atoms with Crippen LogP contribution >= 0.6 is 11.6 Å². The maximum Gasteiger partial charge on any atom is 0.211 e. The molecule has 1 fully saturated rings. The number of sulfonamides is 1. The third-order valence-corrected chi connectivity index (χ3v) is 5.15. The number of pyridine rings is 1. The summed E-state index contributed by atoms with van der Waals surface area (Å²) in [4.78, 5) is 4.11. The molecule has 0 radical (unpaired) electrons. The van der Waals surface area contributed by atoms with Gasteiger partial charge in [0.25, 0.3) is 0 Å². The Labute approximate surface area is 113 Å². The molecule has 0 amide bonds. The van der Waals surface area contributed by atoms with Crippen LogP contribution < -0.4 is 4.72 Å². The first-order chi connectivity index (χ1) is 8.55. The van der Waals surface area contributed by atoms with Crippen LogP contribution in [0.2, 0.25) is 0 Å². The lowest BCUT2D eigenvalue weighted by Crippen LogP contribution is -2.33. The molecule has 0 aliphatic heterocycles. The van der Waals surface area contributed by atoms with Crippen molar-refractivity contribution in [2.75, 3.05) is 18.2 Å². The van der Waals surface area contributed by atoms with Gasteiger partial charge in [0, 0.05) is 30.7 Å². The molecule has 1 saturated carbocycles. The molecule has 4 nitrogen and oxygen atoms in total. The molecule has 18 heavy (non-hydrogen) atoms. The highest BCUT2D eigenvalue weighted by Crippen LogP contribution is 2.45. The lowest BCUT2D eigenvalue weighted by Gasteiger charge is -2.12. The Morgan fingerprint density at radius 2 is 2.17 bits per heavy atom. The molecule has 1 aliphatic rings. The quantitative estimate of drug-likeness (QED) is 0.775. The van der Waals surface area contributed by atoms with Crippen LogP contribution in [0.5, 0.6) is 0 Å². The van der Waals surface area contributed by atoms with Gasteiger partial charge in [-0.15, -0.1) is 11.6 Å². The number of hydrogen-bond acceptors (Lipinski definition) is 3. The highest BCUT2D eigenvalue weighted by molar-refractivity contribution is 7.89. The predicted molar refractivity (Wildman–Crippen MR) is 72.1 cm³/mol. The van der Waals surface area contributed by atoms with Gasteiger partial charge in [0.2, 0.25) is 10.0 Å². The molecule has 1 aromatic heterocycles. The van der Waals surface area contributed by atoms with E-state index < -0.39 is 10.0 Å². The molecule has 0 atom stereocenters. The van der Waals surface area contributed by atoms with E-state index in [1.54, 1.807) is 6.20 Å². The summed E-state index contributed by atoms with van der Waals surface area (Å²) in [7, 11) is -3.23. The van der Waals surface area contributed by atoms with Crippen molar-refractivity contribution in [2.24, 2.45) is 5.41 Å². The number of hydrogen-bond donors (Lipinski definition) is 1. The number of rotatable bonds is 7. The topological polar surface area (TPSA) is 59.1 Å². The Hall–Kier alpha value is -0.650. The van der Waals surface area contributed by atoms with Crippen molar-refractivity contribution >= 4 is 21.6 Å². The summed E-state index contributed by atoms with van der Waals surface area (Å²) in [5.74, 6) is 0.595. The fourth-order valence-electron chi connectivity index (χ4n) is 1.65. The second kappa shape index (κ2) is 5.55. The second-order valence-electron chi connectivity index (χ2n) is 4.84. The molecular formula is C12H17ClN2O2S. The first-order valence-corrected chi connectivity index (χ1v) is 8.17. The summed E-state index contributed by atoms with van der Waals surface area (Å²) in [6, 6.07) is 5.50. The van der Waals surface area contributed by atoms with Crippen molar-refractivity contribution in [3.8, 4) is 0 Å². The smallest absolute Gasteiger partial charge is 0.211 e. The van der Waals surface area contributed by atoms with Crippen LogP contribution in [-0.2, 0) is 16.4 Å². The Kier molecular flexibility index (Phi) is 4.25. The zero-order valence-electron chi connectivity index (χ0n) is 10.1. The van der Waals surface area contributed by atoms with Crippen molar-refractivity contribution in [2.45, 2.75) is 19.3 Å². The maximum atomic E-state index is 11.8. The van der Waals surface area contributed by atoms with Gasteiger partial charge in [-0.2, -0.15) is 0 Å². The van der Waals surface area contributed by atoms with E-state index in [1.165, 1.54) is 0 Å². The fourth-order valence-corrected chi connectivity index (χ4v) is 3.16. The monoisotopic (exact) mass is 288 g/mol. The van der Waals surface area contributed by atoms with E-state index in [0.717, 1.165) is 18.5 Å². The van der Waals surface area contributed by atoms with Crippen molar-refractivity contribution in [1.82, 2.24) is 9.71 Å². The standard InChI is InChI=1S/C12H17ClN2O2S/c13-9-12(5-6-12)10-15-18(16,17)8-4-11-3-1-2-7-14-11/h1-3,7,15H,4-6,8-10H2. The van der Waals surface area contributed by atoms with Gasteiger partial charge in [0.1, 0.15) is 0 Å². The van der Waals surface area contributed by atoms with Gasteiger partial charge < -0.3 is 0 Å². The Balaban J connectivity index is 1.81.